The number of carbonyl (C=O) groups excluding carboxylic acids is 7. The highest BCUT2D eigenvalue weighted by molar-refractivity contribution is 7.22. The molecular weight excluding hydrogens is 1040 g/mol. The van der Waals surface area contributed by atoms with Crippen molar-refractivity contribution in [3.05, 3.63) is 101 Å². The van der Waals surface area contributed by atoms with Crippen molar-refractivity contribution in [3.63, 3.8) is 0 Å². The largest absolute Gasteiger partial charge is 0.477 e. The molecule has 7 heterocycles. The van der Waals surface area contributed by atoms with Crippen LogP contribution in [-0.4, -0.2) is 138 Å². The van der Waals surface area contributed by atoms with E-state index >= 15 is 0 Å². The van der Waals surface area contributed by atoms with E-state index in [1.54, 1.807) is 24.2 Å². The molecule has 4 N–H and O–H groups in total. The average molecular weight is 1110 g/mol. The van der Waals surface area contributed by atoms with Crippen LogP contribution in [-0.2, 0) is 40.1 Å². The summed E-state index contributed by atoms with van der Waals surface area (Å²) in [7, 11) is 1.57. The van der Waals surface area contributed by atoms with E-state index < -0.39 is 11.5 Å². The molecule has 5 aromatic rings. The zero-order chi connectivity index (χ0) is 54.8. The predicted molar refractivity (Wildman–Crippen MR) is 300 cm³/mol. The molecule has 414 valence electrons. The topological polar surface area (TPSA) is 216 Å². The number of anilines is 2. The number of fused-ring (bicyclic) bond motifs is 2. The van der Waals surface area contributed by atoms with Crippen LogP contribution in [0.25, 0.3) is 20.8 Å². The number of piperazine rings is 1. The second-order valence-corrected chi connectivity index (χ2v) is 23.5. The Hall–Kier alpha value is -6.96. The minimum Gasteiger partial charge on any atom is -0.477 e. The van der Waals surface area contributed by atoms with Crippen LogP contribution < -0.4 is 30.9 Å². The number of rotatable bonds is 13. The van der Waals surface area contributed by atoms with Gasteiger partial charge in [-0.25, -0.2) is 4.98 Å². The van der Waals surface area contributed by atoms with Crippen LogP contribution in [0.3, 0.4) is 0 Å². The van der Waals surface area contributed by atoms with Crippen molar-refractivity contribution < 1.29 is 38.3 Å². The average Bonchev–Trinajstić information content (AvgIpc) is 4.04. The Bertz CT molecular complexity index is 3160. The van der Waals surface area contributed by atoms with Crippen molar-refractivity contribution in [2.75, 3.05) is 76.2 Å². The molecule has 20 heteroatoms. The van der Waals surface area contributed by atoms with Gasteiger partial charge in [0.2, 0.25) is 35.4 Å². The quantitative estimate of drug-likeness (QED) is 0.0915. The number of piperidine rings is 3. The van der Waals surface area contributed by atoms with Gasteiger partial charge in [0.1, 0.15) is 10.8 Å². The third kappa shape index (κ3) is 11.7. The van der Waals surface area contributed by atoms with E-state index in [1.165, 1.54) is 11.3 Å². The highest BCUT2D eigenvalue weighted by atomic mass is 35.5. The lowest BCUT2D eigenvalue weighted by molar-refractivity contribution is -0.147. The first kappa shape index (κ1) is 54.0. The number of halogens is 1. The van der Waals surface area contributed by atoms with Gasteiger partial charge in [-0.2, -0.15) is 0 Å². The summed E-state index contributed by atoms with van der Waals surface area (Å²) in [5.41, 5.74) is 4.15. The molecule has 3 aromatic carbocycles. The van der Waals surface area contributed by atoms with Crippen molar-refractivity contribution in [1.29, 1.82) is 0 Å². The molecule has 4 saturated heterocycles. The van der Waals surface area contributed by atoms with E-state index in [2.05, 4.69) is 42.1 Å². The number of hydrogen-bond acceptors (Lipinski definition) is 13. The first-order chi connectivity index (χ1) is 38.3. The monoisotopic (exact) mass is 1110 g/mol. The van der Waals surface area contributed by atoms with Crippen molar-refractivity contribution in [2.24, 2.45) is 17.8 Å². The van der Waals surface area contributed by atoms with Gasteiger partial charge in [-0.15, -0.1) is 11.3 Å². The van der Waals surface area contributed by atoms with Crippen LogP contribution in [0.2, 0.25) is 5.02 Å². The van der Waals surface area contributed by atoms with Crippen LogP contribution in [0, 0.1) is 17.8 Å². The molecule has 1 saturated carbocycles. The lowest BCUT2D eigenvalue weighted by Crippen LogP contribution is -2.58. The molecule has 5 aliphatic heterocycles. The Morgan fingerprint density at radius 3 is 2.28 bits per heavy atom. The third-order valence-corrected chi connectivity index (χ3v) is 18.8. The maximum Gasteiger partial charge on any atom is 0.264 e. The predicted octanol–water partition coefficient (Wildman–Crippen LogP) is 6.63. The molecule has 1 aliphatic carbocycles. The fraction of sp³-hybridized carbons (Fsp3) is 0.475. The minimum atomic E-state index is -1.27. The molecule has 0 radical (unpaired) electrons. The van der Waals surface area contributed by atoms with Gasteiger partial charge in [-0.1, -0.05) is 41.9 Å². The van der Waals surface area contributed by atoms with E-state index in [4.69, 9.17) is 21.3 Å². The number of pyridine rings is 1. The third-order valence-electron chi connectivity index (χ3n) is 17.2. The highest BCUT2D eigenvalue weighted by Gasteiger charge is 2.46. The number of ether oxygens (including phenoxy) is 1. The van der Waals surface area contributed by atoms with Gasteiger partial charge >= 0.3 is 0 Å². The standard InChI is InChI=1S/C59H67ClN10O8S/c1-61-58(77)59(78-49-8-3-2-5-43(49)55-65-48-7-4-6-46(60)52(48)79-55)19-23-69(24-20-59)57(76)45-31-51(72)64-47-15-9-37(29-44(45)47)32-63-53(73)38-10-12-39(13-11-38)56(75)70-27-25-67(26-28-70)35-36-17-21-68(22-18-36)41-30-40(33-62-34-41)42-14-16-50(71)66-54(42)74/h2-9,15,29-30,33-34,36,38-39,42,45H,10-14,16-28,31-32,35H2,1H3,(H,61,77)(H,63,73)(H,64,72)(H,66,71,74)/t38?,39?,42?,45-/m0/s1. The Balaban J connectivity index is 0.630. The fourth-order valence-corrected chi connectivity index (χ4v) is 13.9. The number of likely N-dealkylation sites (tertiary alicyclic amines) is 1. The van der Waals surface area contributed by atoms with Crippen molar-refractivity contribution >= 4 is 85.9 Å². The second-order valence-electron chi connectivity index (χ2n) is 22.1. The fourth-order valence-electron chi connectivity index (χ4n) is 12.6. The van der Waals surface area contributed by atoms with Crippen LogP contribution in [0.5, 0.6) is 5.75 Å². The number of thiazole rings is 1. The van der Waals surface area contributed by atoms with Gasteiger partial charge in [-0.05, 0) is 104 Å². The molecule has 5 fully saturated rings. The molecule has 7 amide bonds. The Kier molecular flexibility index (Phi) is 16.0. The number of nitrogens with one attached hydrogen (secondary N) is 4. The van der Waals surface area contributed by atoms with Crippen LogP contribution in [0.4, 0.5) is 11.4 Å². The molecule has 0 bridgehead atoms. The van der Waals surface area contributed by atoms with Crippen molar-refractivity contribution in [1.82, 2.24) is 40.6 Å². The van der Waals surface area contributed by atoms with Crippen LogP contribution >= 0.6 is 22.9 Å². The first-order valence-corrected chi connectivity index (χ1v) is 29.1. The Morgan fingerprint density at radius 2 is 1.53 bits per heavy atom. The lowest BCUT2D eigenvalue weighted by atomic mass is 9.80. The molecule has 11 rings (SSSR count). The zero-order valence-corrected chi connectivity index (χ0v) is 46.0. The number of hydrogen-bond donors (Lipinski definition) is 4. The summed E-state index contributed by atoms with van der Waals surface area (Å²) in [6, 6.07) is 20.7. The summed E-state index contributed by atoms with van der Waals surface area (Å²) >= 11 is 7.95. The van der Waals surface area contributed by atoms with Crippen molar-refractivity contribution in [3.8, 4) is 16.3 Å². The molecule has 18 nitrogen and oxygen atoms in total. The van der Waals surface area contributed by atoms with Gasteiger partial charge in [0, 0.05) is 122 Å². The number of benzene rings is 3. The highest BCUT2D eigenvalue weighted by Crippen LogP contribution is 2.42. The van der Waals surface area contributed by atoms with Crippen LogP contribution in [0.1, 0.15) is 99.2 Å². The summed E-state index contributed by atoms with van der Waals surface area (Å²) in [4.78, 5) is 111. The van der Waals surface area contributed by atoms with E-state index in [-0.39, 0.29) is 98.0 Å². The Labute approximate surface area is 468 Å². The van der Waals surface area contributed by atoms with Gasteiger partial charge in [0.25, 0.3) is 5.91 Å². The van der Waals surface area contributed by atoms with E-state index in [0.717, 1.165) is 78.2 Å². The smallest absolute Gasteiger partial charge is 0.264 e. The number of imide groups is 1. The minimum absolute atomic E-state index is 0.0281. The zero-order valence-electron chi connectivity index (χ0n) is 44.5. The number of likely N-dealkylation sites (N-methyl/N-ethyl adjacent to an activating group) is 1. The van der Waals surface area contributed by atoms with E-state index in [9.17, 15) is 33.6 Å². The summed E-state index contributed by atoms with van der Waals surface area (Å²) in [6.45, 7) is 6.65. The van der Waals surface area contributed by atoms with Gasteiger partial charge in [-0.3, -0.25) is 48.8 Å². The summed E-state index contributed by atoms with van der Waals surface area (Å²) in [5, 5.41) is 12.6. The van der Waals surface area contributed by atoms with Crippen LogP contribution in [0.15, 0.2) is 79.1 Å². The molecular formula is C59H67ClN10O8S. The molecule has 0 spiro atoms. The van der Waals surface area contributed by atoms with Gasteiger partial charge in [0.05, 0.1) is 44.5 Å². The summed E-state index contributed by atoms with van der Waals surface area (Å²) in [5.74, 6) is -1.41. The Morgan fingerprint density at radius 1 is 0.785 bits per heavy atom. The van der Waals surface area contributed by atoms with Crippen molar-refractivity contribution in [2.45, 2.75) is 94.6 Å². The maximum atomic E-state index is 14.4. The maximum absolute atomic E-state index is 14.4. The SMILES string of the molecule is CNC(=O)C1(Oc2ccccc2-c2nc3cccc(Cl)c3s2)CCN(C(=O)[C@H]2CC(=O)Nc3ccc(CNC(=O)C4CCC(C(=O)N5CCN(CC6CCN(c7cncc(C8CCC(=O)NC8=O)c7)CC6)CC5)CC4)cc32)CC1. The second kappa shape index (κ2) is 23.4. The summed E-state index contributed by atoms with van der Waals surface area (Å²) < 4.78 is 7.56. The molecule has 2 atom stereocenters. The summed E-state index contributed by atoms with van der Waals surface area (Å²) in [6.07, 6.45) is 9.57. The van der Waals surface area contributed by atoms with E-state index in [0.29, 0.717) is 84.6 Å². The normalized spacial score (nSPS) is 22.9. The lowest BCUT2D eigenvalue weighted by Gasteiger charge is -2.42. The van der Waals surface area contributed by atoms with E-state index in [1.807, 2.05) is 65.7 Å². The number of amides is 7. The molecule has 79 heavy (non-hydrogen) atoms. The number of para-hydroxylation sites is 1. The number of carbonyl (C=O) groups is 7. The molecule has 1 unspecified atom stereocenters. The number of aromatic nitrogens is 2. The molecule has 2 aromatic heterocycles. The van der Waals surface area contributed by atoms with Gasteiger partial charge in [0.15, 0.2) is 5.60 Å². The number of nitrogens with zero attached hydrogens (tertiary/aromatic N) is 6. The van der Waals surface area contributed by atoms with Gasteiger partial charge < -0.3 is 35.4 Å². The molecule has 6 aliphatic rings. The first-order valence-electron chi connectivity index (χ1n) is 27.9.